The van der Waals surface area contributed by atoms with Crippen LogP contribution in [-0.4, -0.2) is 15.2 Å². The van der Waals surface area contributed by atoms with Crippen LogP contribution in [0, 0.1) is 0 Å². The summed E-state index contributed by atoms with van der Waals surface area (Å²) in [5, 5.41) is 7.38. The van der Waals surface area contributed by atoms with Crippen LogP contribution in [0.2, 0.25) is 0 Å². The van der Waals surface area contributed by atoms with Gasteiger partial charge in [0.1, 0.15) is 5.69 Å². The summed E-state index contributed by atoms with van der Waals surface area (Å²) in [6.07, 6.45) is 3.08. The SMILES string of the molecule is Nc1ncc(-c2ccco2)nn1. The molecule has 0 radical (unpaired) electrons. The van der Waals surface area contributed by atoms with E-state index in [1.54, 1.807) is 18.4 Å². The molecule has 0 fully saturated rings. The minimum absolute atomic E-state index is 0.158. The van der Waals surface area contributed by atoms with Crippen molar-refractivity contribution in [3.8, 4) is 11.5 Å². The lowest BCUT2D eigenvalue weighted by Crippen LogP contribution is -1.97. The topological polar surface area (TPSA) is 77.8 Å². The Labute approximate surface area is 68.3 Å². The molecule has 0 saturated heterocycles. The second-order valence-electron chi connectivity index (χ2n) is 2.18. The average Bonchev–Trinajstić information content (AvgIpc) is 2.58. The molecule has 2 aromatic heterocycles. The van der Waals surface area contributed by atoms with Crippen molar-refractivity contribution in [3.63, 3.8) is 0 Å². The Kier molecular flexibility index (Phi) is 1.48. The number of nitrogen functional groups attached to an aromatic ring is 1. The maximum absolute atomic E-state index is 5.26. The zero-order valence-corrected chi connectivity index (χ0v) is 6.14. The summed E-state index contributed by atoms with van der Waals surface area (Å²) in [6, 6.07) is 3.55. The van der Waals surface area contributed by atoms with Crippen molar-refractivity contribution < 1.29 is 4.42 Å². The first-order valence-electron chi connectivity index (χ1n) is 3.35. The van der Waals surface area contributed by atoms with Gasteiger partial charge in [-0.15, -0.1) is 10.2 Å². The molecule has 0 aromatic carbocycles. The smallest absolute Gasteiger partial charge is 0.240 e. The predicted molar refractivity (Wildman–Crippen MR) is 41.9 cm³/mol. The van der Waals surface area contributed by atoms with E-state index >= 15 is 0 Å². The number of hydrogen-bond donors (Lipinski definition) is 1. The Morgan fingerprint density at radius 3 is 2.83 bits per heavy atom. The highest BCUT2D eigenvalue weighted by Crippen LogP contribution is 2.14. The van der Waals surface area contributed by atoms with Crippen LogP contribution in [0.4, 0.5) is 5.95 Å². The predicted octanol–water partition coefficient (Wildman–Crippen LogP) is 0.714. The number of hydrogen-bond acceptors (Lipinski definition) is 5. The van der Waals surface area contributed by atoms with Crippen LogP contribution in [0.3, 0.4) is 0 Å². The molecule has 0 aliphatic carbocycles. The Morgan fingerprint density at radius 2 is 2.25 bits per heavy atom. The van der Waals surface area contributed by atoms with Gasteiger partial charge in [0.15, 0.2) is 5.76 Å². The molecule has 0 bridgehead atoms. The van der Waals surface area contributed by atoms with Crippen LogP contribution in [0.1, 0.15) is 0 Å². The van der Waals surface area contributed by atoms with Gasteiger partial charge in [0.05, 0.1) is 12.5 Å². The highest BCUT2D eigenvalue weighted by atomic mass is 16.3. The van der Waals surface area contributed by atoms with Gasteiger partial charge in [0.25, 0.3) is 0 Å². The third-order valence-electron chi connectivity index (χ3n) is 1.35. The molecule has 0 unspecified atom stereocenters. The second-order valence-corrected chi connectivity index (χ2v) is 2.18. The lowest BCUT2D eigenvalue weighted by atomic mass is 10.3. The van der Waals surface area contributed by atoms with E-state index < -0.39 is 0 Å². The van der Waals surface area contributed by atoms with Gasteiger partial charge >= 0.3 is 0 Å². The molecular weight excluding hydrogens is 156 g/mol. The number of nitrogens with two attached hydrogens (primary N) is 1. The standard InChI is InChI=1S/C7H6N4O/c8-7-9-4-5(10-11-7)6-2-1-3-12-6/h1-4H,(H2,8,9,11). The van der Waals surface area contributed by atoms with Gasteiger partial charge in [-0.25, -0.2) is 4.98 Å². The summed E-state index contributed by atoms with van der Waals surface area (Å²) in [5.41, 5.74) is 5.84. The summed E-state index contributed by atoms with van der Waals surface area (Å²) in [7, 11) is 0. The van der Waals surface area contributed by atoms with Crippen LogP contribution in [0.5, 0.6) is 0 Å². The highest BCUT2D eigenvalue weighted by molar-refractivity contribution is 5.49. The molecule has 2 rings (SSSR count). The van der Waals surface area contributed by atoms with Crippen molar-refractivity contribution in [2.45, 2.75) is 0 Å². The minimum Gasteiger partial charge on any atom is -0.463 e. The van der Waals surface area contributed by atoms with E-state index in [2.05, 4.69) is 15.2 Å². The molecule has 0 saturated carbocycles. The maximum atomic E-state index is 5.26. The first-order chi connectivity index (χ1) is 5.86. The van der Waals surface area contributed by atoms with E-state index in [4.69, 9.17) is 10.2 Å². The molecule has 0 amide bonds. The fourth-order valence-electron chi connectivity index (χ4n) is 0.821. The molecule has 2 heterocycles. The van der Waals surface area contributed by atoms with E-state index in [-0.39, 0.29) is 5.95 Å². The van der Waals surface area contributed by atoms with Crippen molar-refractivity contribution in [2.75, 3.05) is 5.73 Å². The molecule has 0 atom stereocenters. The summed E-state index contributed by atoms with van der Waals surface area (Å²) in [6.45, 7) is 0. The Hall–Kier alpha value is -1.91. The summed E-state index contributed by atoms with van der Waals surface area (Å²) < 4.78 is 5.08. The van der Waals surface area contributed by atoms with Gasteiger partial charge in [-0.2, -0.15) is 0 Å². The van der Waals surface area contributed by atoms with Gasteiger partial charge < -0.3 is 10.2 Å². The Balaban J connectivity index is 2.43. The van der Waals surface area contributed by atoms with Crippen molar-refractivity contribution >= 4 is 5.95 Å². The maximum Gasteiger partial charge on any atom is 0.240 e. The fourth-order valence-corrected chi connectivity index (χ4v) is 0.821. The molecule has 60 valence electrons. The van der Waals surface area contributed by atoms with Crippen LogP contribution >= 0.6 is 0 Å². The number of furan rings is 1. The van der Waals surface area contributed by atoms with E-state index in [9.17, 15) is 0 Å². The van der Waals surface area contributed by atoms with Gasteiger partial charge in [-0.3, -0.25) is 0 Å². The van der Waals surface area contributed by atoms with Gasteiger partial charge in [0.2, 0.25) is 5.95 Å². The van der Waals surface area contributed by atoms with Gasteiger partial charge in [-0.1, -0.05) is 0 Å². The number of anilines is 1. The quantitative estimate of drug-likeness (QED) is 0.668. The summed E-state index contributed by atoms with van der Waals surface area (Å²) in [4.78, 5) is 3.78. The van der Waals surface area contributed by atoms with Crippen molar-refractivity contribution in [2.24, 2.45) is 0 Å². The minimum atomic E-state index is 0.158. The lowest BCUT2D eigenvalue weighted by Gasteiger charge is -1.92. The molecule has 0 aliphatic heterocycles. The van der Waals surface area contributed by atoms with E-state index in [0.717, 1.165) is 0 Å². The van der Waals surface area contributed by atoms with Crippen LogP contribution in [-0.2, 0) is 0 Å². The van der Waals surface area contributed by atoms with E-state index in [0.29, 0.717) is 11.5 Å². The second kappa shape index (κ2) is 2.61. The highest BCUT2D eigenvalue weighted by Gasteiger charge is 2.01. The third kappa shape index (κ3) is 1.12. The average molecular weight is 162 g/mol. The molecule has 0 aliphatic rings. The first kappa shape index (κ1) is 6.78. The molecular formula is C7H6N4O. The molecule has 2 N–H and O–H groups in total. The summed E-state index contributed by atoms with van der Waals surface area (Å²) in [5.74, 6) is 0.792. The number of rotatable bonds is 1. The van der Waals surface area contributed by atoms with Crippen LogP contribution < -0.4 is 5.73 Å². The van der Waals surface area contributed by atoms with E-state index in [1.165, 1.54) is 6.20 Å². The molecule has 12 heavy (non-hydrogen) atoms. The van der Waals surface area contributed by atoms with Gasteiger partial charge in [-0.05, 0) is 12.1 Å². The molecule has 5 nitrogen and oxygen atoms in total. The molecule has 5 heteroatoms. The fraction of sp³-hybridized carbons (Fsp3) is 0. The zero-order valence-electron chi connectivity index (χ0n) is 6.14. The Morgan fingerprint density at radius 1 is 1.33 bits per heavy atom. The van der Waals surface area contributed by atoms with Crippen molar-refractivity contribution in [3.05, 3.63) is 24.6 Å². The van der Waals surface area contributed by atoms with Crippen LogP contribution in [0.15, 0.2) is 29.0 Å². The van der Waals surface area contributed by atoms with Crippen molar-refractivity contribution in [1.82, 2.24) is 15.2 Å². The summed E-state index contributed by atoms with van der Waals surface area (Å²) >= 11 is 0. The largest absolute Gasteiger partial charge is 0.463 e. The normalized spacial score (nSPS) is 10.0. The number of nitrogens with zero attached hydrogens (tertiary/aromatic N) is 3. The first-order valence-corrected chi connectivity index (χ1v) is 3.35. The zero-order chi connectivity index (χ0) is 8.39. The third-order valence-corrected chi connectivity index (χ3v) is 1.35. The van der Waals surface area contributed by atoms with Crippen LogP contribution in [0.25, 0.3) is 11.5 Å². The monoisotopic (exact) mass is 162 g/mol. The van der Waals surface area contributed by atoms with Crippen molar-refractivity contribution in [1.29, 1.82) is 0 Å². The molecule has 0 spiro atoms. The molecule has 2 aromatic rings. The van der Waals surface area contributed by atoms with Gasteiger partial charge in [0, 0.05) is 0 Å². The Bertz CT molecular complexity index is 353. The lowest BCUT2D eigenvalue weighted by molar-refractivity contribution is 0.578. The van der Waals surface area contributed by atoms with E-state index in [1.807, 2.05) is 0 Å². The number of aromatic nitrogens is 3.